The molecule has 3 aromatic rings. The number of rotatable bonds is 6. The van der Waals surface area contributed by atoms with Gasteiger partial charge < -0.3 is 15.5 Å². The predicted molar refractivity (Wildman–Crippen MR) is 116 cm³/mol. The molecular formula is C23H25N5O. The average molecular weight is 387 g/mol. The van der Waals surface area contributed by atoms with Crippen LogP contribution in [-0.2, 0) is 6.54 Å². The molecule has 0 aliphatic carbocycles. The number of amides is 1. The lowest BCUT2D eigenvalue weighted by molar-refractivity contribution is 0.0946. The number of anilines is 3. The lowest BCUT2D eigenvalue weighted by Gasteiger charge is -2.17. The number of aryl methyl sites for hydroxylation is 1. The summed E-state index contributed by atoms with van der Waals surface area (Å²) in [6.45, 7) is 4.74. The Bertz CT molecular complexity index is 981. The van der Waals surface area contributed by atoms with Gasteiger partial charge in [0.05, 0.1) is 0 Å². The van der Waals surface area contributed by atoms with Crippen molar-refractivity contribution in [2.45, 2.75) is 26.3 Å². The Kier molecular flexibility index (Phi) is 5.70. The van der Waals surface area contributed by atoms with Gasteiger partial charge in [0, 0.05) is 37.2 Å². The van der Waals surface area contributed by atoms with Crippen LogP contribution < -0.4 is 15.5 Å². The van der Waals surface area contributed by atoms with Crippen molar-refractivity contribution in [3.63, 3.8) is 0 Å². The smallest absolute Gasteiger partial charge is 0.270 e. The number of carbonyl (C=O) groups is 1. The molecule has 6 nitrogen and oxygen atoms in total. The van der Waals surface area contributed by atoms with Crippen LogP contribution in [0.5, 0.6) is 0 Å². The molecule has 1 saturated heterocycles. The monoisotopic (exact) mass is 387 g/mol. The highest BCUT2D eigenvalue weighted by Gasteiger charge is 2.12. The molecule has 2 aromatic carbocycles. The van der Waals surface area contributed by atoms with Gasteiger partial charge in [0.2, 0.25) is 5.95 Å². The van der Waals surface area contributed by atoms with E-state index in [0.29, 0.717) is 18.2 Å². The molecule has 1 aromatic heterocycles. The summed E-state index contributed by atoms with van der Waals surface area (Å²) in [7, 11) is 0. The molecule has 4 rings (SSSR count). The molecule has 1 fully saturated rings. The van der Waals surface area contributed by atoms with E-state index in [4.69, 9.17) is 0 Å². The van der Waals surface area contributed by atoms with Crippen molar-refractivity contribution in [3.8, 4) is 0 Å². The van der Waals surface area contributed by atoms with Crippen LogP contribution >= 0.6 is 0 Å². The number of aromatic nitrogens is 2. The summed E-state index contributed by atoms with van der Waals surface area (Å²) < 4.78 is 0. The highest BCUT2D eigenvalue weighted by molar-refractivity contribution is 5.92. The lowest BCUT2D eigenvalue weighted by Crippen LogP contribution is -2.24. The zero-order valence-corrected chi connectivity index (χ0v) is 16.6. The largest absolute Gasteiger partial charge is 0.372 e. The first-order valence-corrected chi connectivity index (χ1v) is 9.97. The summed E-state index contributed by atoms with van der Waals surface area (Å²) in [5.41, 5.74) is 4.70. The van der Waals surface area contributed by atoms with Gasteiger partial charge in [0.15, 0.2) is 0 Å². The van der Waals surface area contributed by atoms with E-state index in [1.54, 1.807) is 12.3 Å². The number of carbonyl (C=O) groups excluding carboxylic acids is 1. The first-order chi connectivity index (χ1) is 14.2. The summed E-state index contributed by atoms with van der Waals surface area (Å²) >= 11 is 0. The number of nitrogens with zero attached hydrogens (tertiary/aromatic N) is 3. The average Bonchev–Trinajstić information content (AvgIpc) is 3.29. The van der Waals surface area contributed by atoms with Gasteiger partial charge in [-0.25, -0.2) is 9.97 Å². The predicted octanol–water partition coefficient (Wildman–Crippen LogP) is 4.06. The van der Waals surface area contributed by atoms with Crippen molar-refractivity contribution in [1.29, 1.82) is 0 Å². The van der Waals surface area contributed by atoms with Gasteiger partial charge in [-0.1, -0.05) is 24.3 Å². The molecule has 0 unspecified atom stereocenters. The molecule has 0 saturated carbocycles. The third-order valence-corrected chi connectivity index (χ3v) is 5.18. The number of nitrogens with one attached hydrogen (secondary N) is 2. The van der Waals surface area contributed by atoms with E-state index >= 15 is 0 Å². The van der Waals surface area contributed by atoms with Gasteiger partial charge in [-0.05, 0) is 61.2 Å². The van der Waals surface area contributed by atoms with Gasteiger partial charge in [-0.2, -0.15) is 0 Å². The SMILES string of the molecule is Cc1ccccc1CNC(=O)c1ccnc(Nc2ccc(N3CCCC3)cc2)n1. The molecular weight excluding hydrogens is 362 g/mol. The normalized spacial score (nSPS) is 13.3. The molecule has 0 spiro atoms. The quantitative estimate of drug-likeness (QED) is 0.667. The minimum Gasteiger partial charge on any atom is -0.372 e. The minimum atomic E-state index is -0.219. The Balaban J connectivity index is 1.39. The van der Waals surface area contributed by atoms with Crippen LogP contribution in [0.1, 0.15) is 34.5 Å². The van der Waals surface area contributed by atoms with Gasteiger partial charge in [-0.3, -0.25) is 4.79 Å². The molecule has 0 atom stereocenters. The number of hydrogen-bond donors (Lipinski definition) is 2. The first kappa shape index (κ1) is 18.9. The van der Waals surface area contributed by atoms with Gasteiger partial charge in [0.25, 0.3) is 5.91 Å². The Morgan fingerprint density at radius 1 is 1.03 bits per heavy atom. The van der Waals surface area contributed by atoms with E-state index < -0.39 is 0 Å². The third kappa shape index (κ3) is 4.71. The summed E-state index contributed by atoms with van der Waals surface area (Å²) in [5, 5.41) is 6.10. The van der Waals surface area contributed by atoms with Crippen molar-refractivity contribution < 1.29 is 4.79 Å². The first-order valence-electron chi connectivity index (χ1n) is 9.97. The van der Waals surface area contributed by atoms with E-state index in [2.05, 4.69) is 37.6 Å². The van der Waals surface area contributed by atoms with Crippen LogP contribution in [0.4, 0.5) is 17.3 Å². The van der Waals surface area contributed by atoms with Crippen LogP contribution in [-0.4, -0.2) is 29.0 Å². The molecule has 148 valence electrons. The molecule has 29 heavy (non-hydrogen) atoms. The fourth-order valence-corrected chi connectivity index (χ4v) is 3.48. The van der Waals surface area contributed by atoms with E-state index in [1.165, 1.54) is 18.5 Å². The molecule has 2 heterocycles. The minimum absolute atomic E-state index is 0.219. The Morgan fingerprint density at radius 3 is 2.55 bits per heavy atom. The molecule has 1 aliphatic heterocycles. The fraction of sp³-hybridized carbons (Fsp3) is 0.261. The maximum atomic E-state index is 12.5. The van der Waals surface area contributed by atoms with Crippen LogP contribution in [0.2, 0.25) is 0 Å². The molecule has 0 radical (unpaired) electrons. The van der Waals surface area contributed by atoms with E-state index in [-0.39, 0.29) is 5.91 Å². The highest BCUT2D eigenvalue weighted by Crippen LogP contribution is 2.23. The number of benzene rings is 2. The third-order valence-electron chi connectivity index (χ3n) is 5.18. The zero-order chi connectivity index (χ0) is 20.1. The second kappa shape index (κ2) is 8.73. The maximum Gasteiger partial charge on any atom is 0.270 e. The number of hydrogen-bond acceptors (Lipinski definition) is 5. The zero-order valence-electron chi connectivity index (χ0n) is 16.6. The van der Waals surface area contributed by atoms with Crippen LogP contribution in [0.15, 0.2) is 60.8 Å². The van der Waals surface area contributed by atoms with Gasteiger partial charge >= 0.3 is 0 Å². The Labute approximate surface area is 171 Å². The standard InChI is InChI=1S/C23H25N5O/c1-17-6-2-3-7-18(17)16-25-22(29)21-12-13-24-23(27-21)26-19-8-10-20(11-9-19)28-14-4-5-15-28/h2-3,6-13H,4-5,14-16H2,1H3,(H,25,29)(H,24,26,27). The van der Waals surface area contributed by atoms with Crippen molar-refractivity contribution >= 4 is 23.2 Å². The topological polar surface area (TPSA) is 70.2 Å². The van der Waals surface area contributed by atoms with Crippen molar-refractivity contribution in [2.75, 3.05) is 23.3 Å². The summed E-state index contributed by atoms with van der Waals surface area (Å²) in [6, 6.07) is 17.9. The van der Waals surface area contributed by atoms with Crippen molar-refractivity contribution in [1.82, 2.24) is 15.3 Å². The van der Waals surface area contributed by atoms with Crippen molar-refractivity contribution in [3.05, 3.63) is 77.6 Å². The Morgan fingerprint density at radius 2 is 1.79 bits per heavy atom. The fourth-order valence-electron chi connectivity index (χ4n) is 3.48. The van der Waals surface area contributed by atoms with Gasteiger partial charge in [-0.15, -0.1) is 0 Å². The van der Waals surface area contributed by atoms with Crippen molar-refractivity contribution in [2.24, 2.45) is 0 Å². The van der Waals surface area contributed by atoms with Crippen LogP contribution in [0, 0.1) is 6.92 Å². The van der Waals surface area contributed by atoms with E-state index in [1.807, 2.05) is 43.3 Å². The second-order valence-corrected chi connectivity index (χ2v) is 7.24. The van der Waals surface area contributed by atoms with Crippen LogP contribution in [0.3, 0.4) is 0 Å². The molecule has 2 N–H and O–H groups in total. The molecule has 1 amide bonds. The maximum absolute atomic E-state index is 12.5. The molecule has 1 aliphatic rings. The molecule has 6 heteroatoms. The van der Waals surface area contributed by atoms with E-state index in [9.17, 15) is 4.79 Å². The summed E-state index contributed by atoms with van der Waals surface area (Å²) in [4.78, 5) is 23.5. The summed E-state index contributed by atoms with van der Waals surface area (Å²) in [5.74, 6) is 0.186. The molecule has 0 bridgehead atoms. The van der Waals surface area contributed by atoms with Crippen LogP contribution in [0.25, 0.3) is 0 Å². The Hall–Kier alpha value is -3.41. The van der Waals surface area contributed by atoms with Gasteiger partial charge in [0.1, 0.15) is 5.69 Å². The highest BCUT2D eigenvalue weighted by atomic mass is 16.1. The lowest BCUT2D eigenvalue weighted by atomic mass is 10.1. The van der Waals surface area contributed by atoms with E-state index in [0.717, 1.165) is 29.9 Å². The second-order valence-electron chi connectivity index (χ2n) is 7.24. The summed E-state index contributed by atoms with van der Waals surface area (Å²) in [6.07, 6.45) is 4.11.